The van der Waals surface area contributed by atoms with Crippen LogP contribution in [-0.2, 0) is 23.7 Å². The molecule has 0 bridgehead atoms. The topological polar surface area (TPSA) is 16.4 Å². The smallest absolute Gasteiger partial charge is 0.143 e. The SMILES string of the molecule is CC1(C)C2=C(CCC=C2)c2ccc(N(c3ccc4c(c3)C3(Cc5ccccc5C3)c3cc(C5C=CC=CC5)ccc3-4)c3ccccc3-c3cccc4c3oc3ccccc34)cc21. The summed E-state index contributed by atoms with van der Waals surface area (Å²) in [5.41, 5.74) is 23.1. The van der Waals surface area contributed by atoms with E-state index in [1.807, 2.05) is 0 Å². The maximum Gasteiger partial charge on any atom is 0.143 e. The molecule has 0 fully saturated rings. The van der Waals surface area contributed by atoms with Crippen molar-refractivity contribution in [3.05, 3.63) is 227 Å². The number of fused-ring (bicyclic) bond motifs is 11. The van der Waals surface area contributed by atoms with Crippen LogP contribution < -0.4 is 4.90 Å². The highest BCUT2D eigenvalue weighted by Gasteiger charge is 2.48. The molecule has 0 N–H and O–H groups in total. The Hall–Kier alpha value is -6.90. The number of hydrogen-bond acceptors (Lipinski definition) is 2. The van der Waals surface area contributed by atoms with Crippen LogP contribution in [0.1, 0.15) is 78.0 Å². The highest BCUT2D eigenvalue weighted by molar-refractivity contribution is 6.11. The maximum absolute atomic E-state index is 6.73. The fourth-order valence-corrected chi connectivity index (χ4v) is 12.1. The van der Waals surface area contributed by atoms with E-state index in [4.69, 9.17) is 4.42 Å². The van der Waals surface area contributed by atoms with Gasteiger partial charge in [0, 0.05) is 50.0 Å². The van der Waals surface area contributed by atoms with Gasteiger partial charge >= 0.3 is 0 Å². The lowest BCUT2D eigenvalue weighted by Crippen LogP contribution is -2.26. The minimum absolute atomic E-state index is 0.0943. The number of hydrogen-bond donors (Lipinski definition) is 0. The highest BCUT2D eigenvalue weighted by atomic mass is 16.3. The van der Waals surface area contributed by atoms with Gasteiger partial charge < -0.3 is 9.32 Å². The van der Waals surface area contributed by atoms with Crippen LogP contribution in [-0.4, -0.2) is 0 Å². The monoisotopic (exact) mass is 797 g/mol. The van der Waals surface area contributed by atoms with E-state index >= 15 is 0 Å². The summed E-state index contributed by atoms with van der Waals surface area (Å²) in [5, 5.41) is 2.28. The normalized spacial score (nSPS) is 18.3. The molecule has 0 aliphatic heterocycles. The van der Waals surface area contributed by atoms with Gasteiger partial charge in [0.05, 0.1) is 5.69 Å². The minimum atomic E-state index is -0.158. The van der Waals surface area contributed by atoms with Gasteiger partial charge in [-0.25, -0.2) is 0 Å². The lowest BCUT2D eigenvalue weighted by molar-refractivity contribution is 0.562. The molecular weight excluding hydrogens is 751 g/mol. The zero-order chi connectivity index (χ0) is 41.2. The highest BCUT2D eigenvalue weighted by Crippen LogP contribution is 2.58. The summed E-state index contributed by atoms with van der Waals surface area (Å²) in [4.78, 5) is 2.55. The molecule has 13 rings (SSSR count). The van der Waals surface area contributed by atoms with Crippen LogP contribution in [0.15, 0.2) is 192 Å². The fourth-order valence-electron chi connectivity index (χ4n) is 12.1. The van der Waals surface area contributed by atoms with Crippen molar-refractivity contribution in [3.63, 3.8) is 0 Å². The Labute approximate surface area is 363 Å². The number of furan rings is 1. The number of benzene rings is 7. The van der Waals surface area contributed by atoms with E-state index in [-0.39, 0.29) is 10.8 Å². The average Bonchev–Trinajstić information content (AvgIpc) is 4.04. The predicted octanol–water partition coefficient (Wildman–Crippen LogP) is 15.8. The summed E-state index contributed by atoms with van der Waals surface area (Å²) >= 11 is 0. The van der Waals surface area contributed by atoms with Gasteiger partial charge in [-0.3, -0.25) is 0 Å². The molecule has 1 spiro atoms. The molecule has 8 aromatic rings. The number of nitrogens with zero attached hydrogens (tertiary/aromatic N) is 1. The van der Waals surface area contributed by atoms with Gasteiger partial charge in [0.25, 0.3) is 0 Å². The molecular formula is C60H47NO. The number of anilines is 3. The summed E-state index contributed by atoms with van der Waals surface area (Å²) in [6.45, 7) is 4.83. The zero-order valence-electron chi connectivity index (χ0n) is 35.3. The van der Waals surface area contributed by atoms with Crippen LogP contribution in [0, 0.1) is 0 Å². The van der Waals surface area contributed by atoms with Crippen molar-refractivity contribution in [1.82, 2.24) is 0 Å². The van der Waals surface area contributed by atoms with Gasteiger partial charge in [-0.15, -0.1) is 0 Å². The van der Waals surface area contributed by atoms with Crippen molar-refractivity contribution < 1.29 is 4.42 Å². The largest absolute Gasteiger partial charge is 0.455 e. The zero-order valence-corrected chi connectivity index (χ0v) is 35.3. The molecule has 7 aromatic carbocycles. The molecule has 62 heavy (non-hydrogen) atoms. The predicted molar refractivity (Wildman–Crippen MR) is 258 cm³/mol. The van der Waals surface area contributed by atoms with E-state index in [2.05, 4.69) is 201 Å². The third-order valence-corrected chi connectivity index (χ3v) is 15.1. The first kappa shape index (κ1) is 35.8. The van der Waals surface area contributed by atoms with Crippen molar-refractivity contribution in [2.45, 2.75) is 62.7 Å². The standard InChI is InChI=1S/C60H47NO/c1-59(2)52-24-11-8-19-44(52)45-31-28-42(34-53(45)59)61(56-25-12-9-20-48(56)50-22-14-23-51-49-21-10-13-26-57(49)62-58(50)51)43-29-32-47-46-30-27-39(38-15-4-3-5-16-38)33-54(46)60(55(47)35-43)36-40-17-6-7-18-41(40)37-60/h3-7,9-15,17-18,20-35,38H,8,16,19,36-37H2,1-2H3. The third kappa shape index (κ3) is 5.10. The van der Waals surface area contributed by atoms with E-state index in [0.29, 0.717) is 5.92 Å². The third-order valence-electron chi connectivity index (χ3n) is 15.1. The molecule has 1 unspecified atom stereocenters. The number of rotatable bonds is 5. The van der Waals surface area contributed by atoms with Crippen LogP contribution in [0.2, 0.25) is 0 Å². The molecule has 1 aromatic heterocycles. The molecule has 1 atom stereocenters. The fraction of sp³-hybridized carbons (Fsp3) is 0.167. The first-order valence-electron chi connectivity index (χ1n) is 22.5. The average molecular weight is 798 g/mol. The second-order valence-corrected chi connectivity index (χ2v) is 18.7. The quantitative estimate of drug-likeness (QED) is 0.172. The van der Waals surface area contributed by atoms with Gasteiger partial charge in [-0.1, -0.05) is 159 Å². The van der Waals surface area contributed by atoms with Crippen LogP contribution >= 0.6 is 0 Å². The first-order valence-corrected chi connectivity index (χ1v) is 22.5. The lowest BCUT2D eigenvalue weighted by Gasteiger charge is -2.32. The van der Waals surface area contributed by atoms with Gasteiger partial charge in [0.2, 0.25) is 0 Å². The molecule has 2 nitrogen and oxygen atoms in total. The Bertz CT molecular complexity index is 3300. The summed E-state index contributed by atoms with van der Waals surface area (Å²) in [6, 6.07) is 55.2. The van der Waals surface area contributed by atoms with E-state index in [0.717, 1.165) is 70.9 Å². The number of para-hydroxylation sites is 3. The molecule has 0 saturated heterocycles. The van der Waals surface area contributed by atoms with Crippen LogP contribution in [0.25, 0.3) is 49.8 Å². The molecule has 5 aliphatic rings. The van der Waals surface area contributed by atoms with Crippen molar-refractivity contribution >= 4 is 44.6 Å². The van der Waals surface area contributed by atoms with Crippen molar-refractivity contribution in [3.8, 4) is 22.3 Å². The van der Waals surface area contributed by atoms with Gasteiger partial charge in [-0.05, 0) is 130 Å². The molecule has 2 heteroatoms. The van der Waals surface area contributed by atoms with Gasteiger partial charge in [0.15, 0.2) is 0 Å². The Balaban J connectivity index is 1.03. The van der Waals surface area contributed by atoms with Crippen LogP contribution in [0.5, 0.6) is 0 Å². The molecule has 0 saturated carbocycles. The maximum atomic E-state index is 6.73. The molecule has 298 valence electrons. The van der Waals surface area contributed by atoms with Gasteiger partial charge in [-0.2, -0.15) is 0 Å². The molecule has 0 amide bonds. The Morgan fingerprint density at radius 3 is 2.10 bits per heavy atom. The van der Waals surface area contributed by atoms with E-state index in [1.54, 1.807) is 0 Å². The second-order valence-electron chi connectivity index (χ2n) is 18.7. The Kier molecular flexibility index (Phi) is 7.68. The number of allylic oxidation sites excluding steroid dienone is 8. The molecule has 1 heterocycles. The van der Waals surface area contributed by atoms with Crippen LogP contribution in [0.3, 0.4) is 0 Å². The van der Waals surface area contributed by atoms with E-state index < -0.39 is 0 Å². The molecule has 5 aliphatic carbocycles. The van der Waals surface area contributed by atoms with Crippen LogP contribution in [0.4, 0.5) is 17.1 Å². The minimum Gasteiger partial charge on any atom is -0.455 e. The van der Waals surface area contributed by atoms with Gasteiger partial charge in [0.1, 0.15) is 11.2 Å². The first-order chi connectivity index (χ1) is 30.5. The second kappa shape index (κ2) is 13.3. The Morgan fingerprint density at radius 2 is 1.27 bits per heavy atom. The summed E-state index contributed by atoms with van der Waals surface area (Å²) in [5.74, 6) is 0.397. The summed E-state index contributed by atoms with van der Waals surface area (Å²) in [7, 11) is 0. The summed E-state index contributed by atoms with van der Waals surface area (Å²) in [6.07, 6.45) is 19.1. The van der Waals surface area contributed by atoms with Crippen molar-refractivity contribution in [2.75, 3.05) is 4.90 Å². The summed E-state index contributed by atoms with van der Waals surface area (Å²) < 4.78 is 6.73. The van der Waals surface area contributed by atoms with Crippen molar-refractivity contribution in [1.29, 1.82) is 0 Å². The van der Waals surface area contributed by atoms with E-state index in [1.165, 1.54) is 72.6 Å². The Morgan fingerprint density at radius 1 is 0.581 bits per heavy atom. The lowest BCUT2D eigenvalue weighted by atomic mass is 9.74. The molecule has 0 radical (unpaired) electrons. The van der Waals surface area contributed by atoms with Crippen molar-refractivity contribution in [2.24, 2.45) is 0 Å². The van der Waals surface area contributed by atoms with E-state index in [9.17, 15) is 0 Å².